The Bertz CT molecular complexity index is 315. The molecular weight excluding hydrogens is 244 g/mol. The predicted molar refractivity (Wildman–Crippen MR) is 57.9 cm³/mol. The van der Waals surface area contributed by atoms with Gasteiger partial charge in [-0.15, -0.1) is 0 Å². The topological polar surface area (TPSA) is 45.1 Å². The van der Waals surface area contributed by atoms with E-state index in [4.69, 9.17) is 0 Å². The van der Waals surface area contributed by atoms with Crippen LogP contribution >= 0.6 is 15.9 Å². The van der Waals surface area contributed by atoms with Crippen molar-refractivity contribution in [1.29, 1.82) is 0 Å². The minimum absolute atomic E-state index is 0.522. The van der Waals surface area contributed by atoms with Crippen molar-refractivity contribution in [2.45, 2.75) is 25.0 Å². The van der Waals surface area contributed by atoms with Gasteiger partial charge < -0.3 is 10.4 Å². The van der Waals surface area contributed by atoms with Crippen molar-refractivity contribution in [3.05, 3.63) is 28.5 Å². The predicted octanol–water partition coefficient (Wildman–Crippen LogP) is 1.63. The maximum absolute atomic E-state index is 9.82. The number of pyridine rings is 1. The highest BCUT2D eigenvalue weighted by molar-refractivity contribution is 9.10. The molecule has 1 aliphatic rings. The van der Waals surface area contributed by atoms with E-state index >= 15 is 0 Å². The normalized spacial score (nSPS) is 18.1. The number of rotatable bonds is 4. The number of aliphatic hydroxyl groups excluding tert-OH is 1. The molecule has 14 heavy (non-hydrogen) atoms. The van der Waals surface area contributed by atoms with E-state index in [1.54, 1.807) is 6.20 Å². The van der Waals surface area contributed by atoms with Crippen LogP contribution < -0.4 is 5.32 Å². The lowest BCUT2D eigenvalue weighted by molar-refractivity contribution is 0.169. The summed E-state index contributed by atoms with van der Waals surface area (Å²) in [6.45, 7) is 0.584. The largest absolute Gasteiger partial charge is 0.385 e. The second-order valence-electron chi connectivity index (χ2n) is 3.57. The van der Waals surface area contributed by atoms with E-state index in [0.29, 0.717) is 18.3 Å². The number of aliphatic hydroxyl groups is 1. The summed E-state index contributed by atoms with van der Waals surface area (Å²) in [5.74, 6) is 0. The smallest absolute Gasteiger partial charge is 0.109 e. The Morgan fingerprint density at radius 1 is 1.64 bits per heavy atom. The van der Waals surface area contributed by atoms with Crippen LogP contribution in [-0.4, -0.2) is 22.7 Å². The van der Waals surface area contributed by atoms with Crippen LogP contribution in [0.15, 0.2) is 22.8 Å². The van der Waals surface area contributed by atoms with Gasteiger partial charge in [0, 0.05) is 23.3 Å². The lowest BCUT2D eigenvalue weighted by Gasteiger charge is -2.11. The number of nitrogens with one attached hydrogen (secondary N) is 1. The summed E-state index contributed by atoms with van der Waals surface area (Å²) < 4.78 is 0.866. The van der Waals surface area contributed by atoms with Gasteiger partial charge in [0.25, 0.3) is 0 Å². The summed E-state index contributed by atoms with van der Waals surface area (Å²) in [6.07, 6.45) is 3.64. The molecule has 1 aromatic rings. The number of aromatic nitrogens is 1. The second kappa shape index (κ2) is 4.38. The first-order valence-corrected chi connectivity index (χ1v) is 5.58. The molecule has 0 unspecified atom stereocenters. The summed E-state index contributed by atoms with van der Waals surface area (Å²) in [4.78, 5) is 4.14. The van der Waals surface area contributed by atoms with Crippen molar-refractivity contribution < 1.29 is 5.11 Å². The Morgan fingerprint density at radius 2 is 2.43 bits per heavy atom. The molecule has 1 heterocycles. The quantitative estimate of drug-likeness (QED) is 0.861. The summed E-state index contributed by atoms with van der Waals surface area (Å²) >= 11 is 3.37. The fourth-order valence-corrected chi connectivity index (χ4v) is 1.82. The van der Waals surface area contributed by atoms with Gasteiger partial charge in [0.15, 0.2) is 0 Å². The first kappa shape index (κ1) is 10.1. The number of nitrogens with zero attached hydrogens (tertiary/aromatic N) is 1. The van der Waals surface area contributed by atoms with Crippen LogP contribution in [0, 0.1) is 0 Å². The van der Waals surface area contributed by atoms with Gasteiger partial charge in [0.2, 0.25) is 0 Å². The molecule has 1 aliphatic carbocycles. The van der Waals surface area contributed by atoms with Crippen molar-refractivity contribution in [2.24, 2.45) is 0 Å². The van der Waals surface area contributed by atoms with E-state index in [9.17, 15) is 5.11 Å². The van der Waals surface area contributed by atoms with E-state index < -0.39 is 6.10 Å². The summed E-state index contributed by atoms with van der Waals surface area (Å²) in [5.41, 5.74) is 0.709. The first-order chi connectivity index (χ1) is 6.77. The van der Waals surface area contributed by atoms with Crippen LogP contribution in [0.25, 0.3) is 0 Å². The van der Waals surface area contributed by atoms with Gasteiger partial charge in [-0.25, -0.2) is 0 Å². The molecule has 1 saturated carbocycles. The van der Waals surface area contributed by atoms with E-state index in [-0.39, 0.29) is 0 Å². The molecule has 0 amide bonds. The number of halogens is 1. The summed E-state index contributed by atoms with van der Waals surface area (Å²) in [6, 6.07) is 4.35. The zero-order chi connectivity index (χ0) is 9.97. The van der Waals surface area contributed by atoms with Crippen molar-refractivity contribution >= 4 is 15.9 Å². The van der Waals surface area contributed by atoms with Crippen LogP contribution in [0.3, 0.4) is 0 Å². The van der Waals surface area contributed by atoms with Gasteiger partial charge >= 0.3 is 0 Å². The Kier molecular flexibility index (Phi) is 3.15. The Hall–Kier alpha value is -0.450. The van der Waals surface area contributed by atoms with Gasteiger partial charge in [-0.05, 0) is 40.9 Å². The van der Waals surface area contributed by atoms with Crippen LogP contribution in [0.2, 0.25) is 0 Å². The van der Waals surface area contributed by atoms with E-state index in [1.165, 1.54) is 12.8 Å². The average molecular weight is 257 g/mol. The molecule has 1 atom stereocenters. The van der Waals surface area contributed by atoms with Crippen LogP contribution in [-0.2, 0) is 0 Å². The van der Waals surface area contributed by atoms with E-state index in [2.05, 4.69) is 26.2 Å². The summed E-state index contributed by atoms with van der Waals surface area (Å²) in [5, 5.41) is 13.1. The molecule has 0 spiro atoms. The molecule has 0 aliphatic heterocycles. The molecule has 0 radical (unpaired) electrons. The molecule has 0 saturated heterocycles. The first-order valence-electron chi connectivity index (χ1n) is 4.79. The van der Waals surface area contributed by atoms with Gasteiger partial charge in [0.1, 0.15) is 6.10 Å². The lowest BCUT2D eigenvalue weighted by Crippen LogP contribution is -2.24. The van der Waals surface area contributed by atoms with E-state index in [0.717, 1.165) is 4.47 Å². The third-order valence-electron chi connectivity index (χ3n) is 2.28. The Balaban J connectivity index is 1.95. The third kappa shape index (κ3) is 2.53. The van der Waals surface area contributed by atoms with Crippen LogP contribution in [0.1, 0.15) is 24.6 Å². The van der Waals surface area contributed by atoms with Crippen LogP contribution in [0.5, 0.6) is 0 Å². The monoisotopic (exact) mass is 256 g/mol. The minimum atomic E-state index is -0.522. The lowest BCUT2D eigenvalue weighted by atomic mass is 10.2. The van der Waals surface area contributed by atoms with Crippen LogP contribution in [0.4, 0.5) is 0 Å². The maximum Gasteiger partial charge on any atom is 0.109 e. The molecule has 76 valence electrons. The molecule has 1 aromatic heterocycles. The van der Waals surface area contributed by atoms with Crippen molar-refractivity contribution in [3.8, 4) is 0 Å². The van der Waals surface area contributed by atoms with Gasteiger partial charge in [-0.2, -0.15) is 0 Å². The fraction of sp³-hybridized carbons (Fsp3) is 0.500. The zero-order valence-electron chi connectivity index (χ0n) is 7.78. The highest BCUT2D eigenvalue weighted by atomic mass is 79.9. The highest BCUT2D eigenvalue weighted by Gasteiger charge is 2.22. The molecule has 1 fully saturated rings. The molecule has 0 aromatic carbocycles. The van der Waals surface area contributed by atoms with Crippen molar-refractivity contribution in [3.63, 3.8) is 0 Å². The number of hydrogen-bond donors (Lipinski definition) is 2. The molecule has 3 nitrogen and oxygen atoms in total. The molecule has 2 rings (SSSR count). The molecular formula is C10H13BrN2O. The van der Waals surface area contributed by atoms with Gasteiger partial charge in [-0.1, -0.05) is 0 Å². The highest BCUT2D eigenvalue weighted by Crippen LogP contribution is 2.22. The van der Waals surface area contributed by atoms with Crippen molar-refractivity contribution in [2.75, 3.05) is 6.54 Å². The molecule has 4 heteroatoms. The average Bonchev–Trinajstić information content (AvgIpc) is 2.98. The fourth-order valence-electron chi connectivity index (χ4n) is 1.31. The molecule has 0 bridgehead atoms. The Labute approximate surface area is 91.7 Å². The summed E-state index contributed by atoms with van der Waals surface area (Å²) in [7, 11) is 0. The van der Waals surface area contributed by atoms with Gasteiger partial charge in [0.05, 0.1) is 5.69 Å². The maximum atomic E-state index is 9.82. The Morgan fingerprint density at radius 3 is 3.07 bits per heavy atom. The standard InChI is InChI=1S/C10H13BrN2O/c11-8-2-1-5-12-10(8)9(14)6-13-7-3-4-7/h1-2,5,7,9,13-14H,3-4,6H2/t9-/m0/s1. The van der Waals surface area contributed by atoms with E-state index in [1.807, 2.05) is 12.1 Å². The minimum Gasteiger partial charge on any atom is -0.385 e. The van der Waals surface area contributed by atoms with Gasteiger partial charge in [-0.3, -0.25) is 4.98 Å². The number of hydrogen-bond acceptors (Lipinski definition) is 3. The SMILES string of the molecule is O[C@@H](CNC1CC1)c1ncccc1Br. The third-order valence-corrected chi connectivity index (χ3v) is 2.95. The van der Waals surface area contributed by atoms with Crippen molar-refractivity contribution in [1.82, 2.24) is 10.3 Å². The second-order valence-corrected chi connectivity index (χ2v) is 4.42. The zero-order valence-corrected chi connectivity index (χ0v) is 9.37. The molecule has 2 N–H and O–H groups in total.